The van der Waals surface area contributed by atoms with Crippen molar-refractivity contribution >= 4 is 27.4 Å². The lowest BCUT2D eigenvalue weighted by Crippen LogP contribution is -1.91. The number of methoxy groups -OCH3 is 1. The Balaban J connectivity index is 2.15. The maximum Gasteiger partial charge on any atom is 0.180 e. The number of fused-ring (bicyclic) bond motifs is 1. The van der Waals surface area contributed by atoms with E-state index in [1.807, 2.05) is 19.1 Å². The predicted octanol–water partition coefficient (Wildman–Crippen LogP) is 2.72. The molecule has 5 nitrogen and oxygen atoms in total. The molecule has 0 radical (unpaired) electrons. The van der Waals surface area contributed by atoms with E-state index in [9.17, 15) is 0 Å². The molecule has 0 amide bonds. The molecule has 3 aromatic rings. The lowest BCUT2D eigenvalue weighted by atomic mass is 10.1. The lowest BCUT2D eigenvalue weighted by molar-refractivity contribution is 0.182. The standard InChI is InChI=1S/C13H14N4OS/c1-7-9-5-8(3-4-10(9)17-16-7)12-11(6-18-2)15-13(14)19-12/h3-5H,6H2,1-2H3,(H2,14,15)(H,16,17). The van der Waals surface area contributed by atoms with Crippen molar-refractivity contribution in [3.8, 4) is 10.4 Å². The van der Waals surface area contributed by atoms with Crippen LogP contribution in [0.2, 0.25) is 0 Å². The number of anilines is 1. The molecule has 19 heavy (non-hydrogen) atoms. The van der Waals surface area contributed by atoms with Gasteiger partial charge in [0.05, 0.1) is 22.7 Å². The quantitative estimate of drug-likeness (QED) is 0.770. The summed E-state index contributed by atoms with van der Waals surface area (Å²) in [5, 5.41) is 8.90. The summed E-state index contributed by atoms with van der Waals surface area (Å²) in [4.78, 5) is 5.37. The normalized spacial score (nSPS) is 11.3. The van der Waals surface area contributed by atoms with Gasteiger partial charge in [-0.2, -0.15) is 5.10 Å². The van der Waals surface area contributed by atoms with E-state index in [1.165, 1.54) is 11.3 Å². The smallest absolute Gasteiger partial charge is 0.180 e. The molecule has 0 saturated carbocycles. The van der Waals surface area contributed by atoms with E-state index in [1.54, 1.807) is 7.11 Å². The molecule has 2 aromatic heterocycles. The fraction of sp³-hybridized carbons (Fsp3) is 0.231. The molecule has 3 N–H and O–H groups in total. The number of rotatable bonds is 3. The summed E-state index contributed by atoms with van der Waals surface area (Å²) >= 11 is 1.48. The Bertz CT molecular complexity index is 731. The van der Waals surface area contributed by atoms with Crippen molar-refractivity contribution in [3.63, 3.8) is 0 Å². The van der Waals surface area contributed by atoms with Gasteiger partial charge in [0.1, 0.15) is 0 Å². The highest BCUT2D eigenvalue weighted by atomic mass is 32.1. The number of aromatic nitrogens is 3. The average Bonchev–Trinajstić information content (AvgIpc) is 2.94. The number of hydrogen-bond donors (Lipinski definition) is 2. The minimum Gasteiger partial charge on any atom is -0.378 e. The third-order valence-electron chi connectivity index (χ3n) is 3.00. The number of nitrogens with two attached hydrogens (primary N) is 1. The van der Waals surface area contributed by atoms with E-state index in [4.69, 9.17) is 10.5 Å². The first-order valence-corrected chi connectivity index (χ1v) is 6.70. The number of nitrogens with zero attached hydrogens (tertiary/aromatic N) is 2. The zero-order valence-corrected chi connectivity index (χ0v) is 11.5. The SMILES string of the molecule is COCc1nc(N)sc1-c1ccc2n[nH]c(C)c2c1. The molecular formula is C13H14N4OS. The van der Waals surface area contributed by atoms with Crippen LogP contribution in [0.5, 0.6) is 0 Å². The van der Waals surface area contributed by atoms with E-state index in [0.29, 0.717) is 11.7 Å². The first kappa shape index (κ1) is 12.1. The fourth-order valence-electron chi connectivity index (χ4n) is 2.11. The second kappa shape index (κ2) is 4.64. The van der Waals surface area contributed by atoms with Gasteiger partial charge in [-0.05, 0) is 24.6 Å². The summed E-state index contributed by atoms with van der Waals surface area (Å²) < 4.78 is 5.17. The van der Waals surface area contributed by atoms with Crippen LogP contribution in [0, 0.1) is 6.92 Å². The summed E-state index contributed by atoms with van der Waals surface area (Å²) in [6.45, 7) is 2.47. The van der Waals surface area contributed by atoms with Gasteiger partial charge >= 0.3 is 0 Å². The number of ether oxygens (including phenoxy) is 1. The van der Waals surface area contributed by atoms with Crippen molar-refractivity contribution in [2.24, 2.45) is 0 Å². The van der Waals surface area contributed by atoms with Gasteiger partial charge in [0, 0.05) is 18.2 Å². The molecule has 1 aromatic carbocycles. The molecule has 0 saturated heterocycles. The second-order valence-corrected chi connectivity index (χ2v) is 5.37. The second-order valence-electron chi connectivity index (χ2n) is 4.34. The van der Waals surface area contributed by atoms with Crippen molar-refractivity contribution in [1.82, 2.24) is 15.2 Å². The van der Waals surface area contributed by atoms with Crippen LogP contribution < -0.4 is 5.73 Å². The third-order valence-corrected chi connectivity index (χ3v) is 3.98. The largest absolute Gasteiger partial charge is 0.378 e. The molecule has 0 fully saturated rings. The van der Waals surface area contributed by atoms with Crippen molar-refractivity contribution in [2.45, 2.75) is 13.5 Å². The highest BCUT2D eigenvalue weighted by Gasteiger charge is 2.13. The molecular weight excluding hydrogens is 260 g/mol. The first-order chi connectivity index (χ1) is 9.19. The number of H-pyrrole nitrogens is 1. The van der Waals surface area contributed by atoms with E-state index < -0.39 is 0 Å². The Morgan fingerprint density at radius 3 is 3.05 bits per heavy atom. The van der Waals surface area contributed by atoms with Crippen molar-refractivity contribution < 1.29 is 4.74 Å². The van der Waals surface area contributed by atoms with E-state index in [0.717, 1.165) is 32.7 Å². The van der Waals surface area contributed by atoms with Gasteiger partial charge in [-0.15, -0.1) is 0 Å². The number of nitrogens with one attached hydrogen (secondary N) is 1. The summed E-state index contributed by atoms with van der Waals surface area (Å²) in [7, 11) is 1.66. The van der Waals surface area contributed by atoms with Gasteiger partial charge in [0.15, 0.2) is 5.13 Å². The number of aryl methyl sites for hydroxylation is 1. The minimum absolute atomic E-state index is 0.464. The summed E-state index contributed by atoms with van der Waals surface area (Å²) in [5.41, 5.74) is 9.80. The molecule has 0 unspecified atom stereocenters. The lowest BCUT2D eigenvalue weighted by Gasteiger charge is -2.02. The number of thiazole rings is 1. The molecule has 0 aliphatic rings. The van der Waals surface area contributed by atoms with Gasteiger partial charge in [-0.3, -0.25) is 5.10 Å². The third kappa shape index (κ3) is 2.09. The molecule has 0 spiro atoms. The maximum absolute atomic E-state index is 5.80. The van der Waals surface area contributed by atoms with E-state index in [-0.39, 0.29) is 0 Å². The van der Waals surface area contributed by atoms with Crippen LogP contribution in [-0.2, 0) is 11.3 Å². The molecule has 0 aliphatic carbocycles. The van der Waals surface area contributed by atoms with Crippen LogP contribution >= 0.6 is 11.3 Å². The molecule has 0 bridgehead atoms. The first-order valence-electron chi connectivity index (χ1n) is 5.88. The van der Waals surface area contributed by atoms with Crippen molar-refractivity contribution in [3.05, 3.63) is 29.6 Å². The Kier molecular flexibility index (Phi) is 2.96. The topological polar surface area (TPSA) is 76.8 Å². The number of benzene rings is 1. The minimum atomic E-state index is 0.464. The number of hydrogen-bond acceptors (Lipinski definition) is 5. The monoisotopic (exact) mass is 274 g/mol. The predicted molar refractivity (Wildman–Crippen MR) is 77.1 cm³/mol. The summed E-state index contributed by atoms with van der Waals surface area (Å²) in [6.07, 6.45) is 0. The van der Waals surface area contributed by atoms with Crippen LogP contribution in [0.4, 0.5) is 5.13 Å². The molecule has 3 rings (SSSR count). The van der Waals surface area contributed by atoms with Crippen LogP contribution in [0.15, 0.2) is 18.2 Å². The van der Waals surface area contributed by atoms with Crippen molar-refractivity contribution in [2.75, 3.05) is 12.8 Å². The maximum atomic E-state index is 5.80. The Labute approximate surface area is 114 Å². The van der Waals surface area contributed by atoms with Gasteiger partial charge in [0.2, 0.25) is 0 Å². The molecule has 98 valence electrons. The summed E-state index contributed by atoms with van der Waals surface area (Å²) in [6, 6.07) is 6.15. The fourth-order valence-corrected chi connectivity index (χ4v) is 2.94. The zero-order chi connectivity index (χ0) is 13.4. The molecule has 6 heteroatoms. The van der Waals surface area contributed by atoms with E-state index in [2.05, 4.69) is 21.2 Å². The average molecular weight is 274 g/mol. The van der Waals surface area contributed by atoms with Gasteiger partial charge < -0.3 is 10.5 Å². The highest BCUT2D eigenvalue weighted by Crippen LogP contribution is 2.34. The van der Waals surface area contributed by atoms with E-state index >= 15 is 0 Å². The van der Waals surface area contributed by atoms with Crippen LogP contribution in [0.1, 0.15) is 11.4 Å². The highest BCUT2D eigenvalue weighted by molar-refractivity contribution is 7.18. The Morgan fingerprint density at radius 2 is 2.26 bits per heavy atom. The molecule has 0 aliphatic heterocycles. The van der Waals surface area contributed by atoms with Gasteiger partial charge in [-0.25, -0.2) is 4.98 Å². The Morgan fingerprint density at radius 1 is 1.42 bits per heavy atom. The zero-order valence-electron chi connectivity index (χ0n) is 10.7. The summed E-state index contributed by atoms with van der Waals surface area (Å²) in [5.74, 6) is 0. The van der Waals surface area contributed by atoms with Gasteiger partial charge in [-0.1, -0.05) is 17.4 Å². The van der Waals surface area contributed by atoms with Crippen LogP contribution in [0.25, 0.3) is 21.3 Å². The number of nitrogen functional groups attached to an aromatic ring is 1. The molecule has 2 heterocycles. The number of aromatic amines is 1. The van der Waals surface area contributed by atoms with Crippen LogP contribution in [-0.4, -0.2) is 22.3 Å². The molecule has 0 atom stereocenters. The Hall–Kier alpha value is -1.92. The van der Waals surface area contributed by atoms with Crippen LogP contribution in [0.3, 0.4) is 0 Å². The van der Waals surface area contributed by atoms with Gasteiger partial charge in [0.25, 0.3) is 0 Å². The van der Waals surface area contributed by atoms with Crippen molar-refractivity contribution in [1.29, 1.82) is 0 Å².